The summed E-state index contributed by atoms with van der Waals surface area (Å²) in [6.45, 7) is -0.194. The Kier molecular flexibility index (Phi) is 5.63. The highest BCUT2D eigenvalue weighted by Crippen LogP contribution is 2.63. The molecule has 0 aromatic heterocycles. The topological polar surface area (TPSA) is 118 Å². The van der Waals surface area contributed by atoms with Crippen LogP contribution in [0.15, 0.2) is 0 Å². The zero-order valence-electron chi connectivity index (χ0n) is 19.0. The number of alkyl halides is 2. The molecule has 1 saturated heterocycles. The molecule has 0 aromatic rings. The van der Waals surface area contributed by atoms with Gasteiger partial charge in [-0.1, -0.05) is 5.04 Å². The van der Waals surface area contributed by atoms with E-state index in [4.69, 9.17) is 19.5 Å². The number of carbonyl (C=O) groups is 3. The molecule has 7 rings (SSSR count). The summed E-state index contributed by atoms with van der Waals surface area (Å²) in [7, 11) is 0. The second-order valence-electron chi connectivity index (χ2n) is 11.7. The Morgan fingerprint density at radius 2 is 1.89 bits per heavy atom. The van der Waals surface area contributed by atoms with Crippen molar-refractivity contribution in [2.75, 3.05) is 6.61 Å². The first-order chi connectivity index (χ1) is 16.6. The van der Waals surface area contributed by atoms with E-state index < -0.39 is 34.3 Å². The first-order valence-corrected chi connectivity index (χ1v) is 13.0. The van der Waals surface area contributed by atoms with Gasteiger partial charge in [-0.3, -0.25) is 9.59 Å². The number of ether oxygens (including phenoxy) is 3. The zero-order chi connectivity index (χ0) is 24.6. The first-order valence-electron chi connectivity index (χ1n) is 12.2. The summed E-state index contributed by atoms with van der Waals surface area (Å²) in [5.41, 5.74) is -1.19. The minimum absolute atomic E-state index is 0.00324. The second kappa shape index (κ2) is 8.26. The lowest BCUT2D eigenvalue weighted by Crippen LogP contribution is -2.59. The van der Waals surface area contributed by atoms with Crippen molar-refractivity contribution in [2.24, 2.45) is 40.9 Å². The third-order valence-electron chi connectivity index (χ3n) is 9.43. The Morgan fingerprint density at radius 3 is 2.60 bits per heavy atom. The van der Waals surface area contributed by atoms with E-state index in [1.54, 1.807) is 0 Å². The molecular weight excluding hydrogens is 490 g/mol. The molecule has 0 radical (unpaired) electrons. The van der Waals surface area contributed by atoms with Crippen molar-refractivity contribution in [1.82, 2.24) is 0 Å². The molecule has 0 amide bonds. The number of esters is 3. The minimum Gasteiger partial charge on any atom is -0.462 e. The van der Waals surface area contributed by atoms with E-state index in [-0.39, 0.29) is 60.7 Å². The average Bonchev–Trinajstić information content (AvgIpc) is 3.40. The fraction of sp³-hybridized carbons (Fsp3) is 0.870. The molecular formula is C23H28F2O9S. The highest BCUT2D eigenvalue weighted by atomic mass is 32.2. The Labute approximate surface area is 204 Å². The third-order valence-corrected chi connectivity index (χ3v) is 9.94. The van der Waals surface area contributed by atoms with Crippen molar-refractivity contribution < 1.29 is 52.0 Å². The normalized spacial score (nSPS) is 44.5. The summed E-state index contributed by atoms with van der Waals surface area (Å²) in [5.74, 6) is -1.09. The fourth-order valence-corrected chi connectivity index (χ4v) is 9.13. The van der Waals surface area contributed by atoms with Crippen LogP contribution in [0.25, 0.3) is 0 Å². The number of rotatable bonds is 9. The number of hydrogen-bond acceptors (Lipinski definition) is 10. The molecule has 1 N–H and O–H groups in total. The zero-order valence-corrected chi connectivity index (χ0v) is 19.8. The Balaban J connectivity index is 1.10. The van der Waals surface area contributed by atoms with Gasteiger partial charge in [0.15, 0.2) is 0 Å². The lowest BCUT2D eigenvalue weighted by Gasteiger charge is -2.60. The van der Waals surface area contributed by atoms with E-state index in [1.807, 2.05) is 0 Å². The highest BCUT2D eigenvalue weighted by molar-refractivity contribution is 7.96. The summed E-state index contributed by atoms with van der Waals surface area (Å²) < 4.78 is 48.1. The van der Waals surface area contributed by atoms with E-state index in [1.165, 1.54) is 0 Å². The van der Waals surface area contributed by atoms with Gasteiger partial charge >= 0.3 is 23.2 Å². The van der Waals surface area contributed by atoms with Crippen LogP contribution in [0.4, 0.5) is 8.78 Å². The molecule has 1 aliphatic heterocycles. The maximum absolute atomic E-state index is 13.8. The molecule has 0 spiro atoms. The largest absolute Gasteiger partial charge is 0.462 e. The predicted molar refractivity (Wildman–Crippen MR) is 112 cm³/mol. The van der Waals surface area contributed by atoms with Crippen LogP contribution < -0.4 is 0 Å². The maximum Gasteiger partial charge on any atom is 0.415 e. The molecule has 7 aliphatic rings. The molecule has 0 aromatic carbocycles. The number of fused-ring (bicyclic) bond motifs is 1. The van der Waals surface area contributed by atoms with Gasteiger partial charge in [-0.25, -0.2) is 10.1 Å². The standard InChI is InChI=1S/C23H28F2O9S/c24-23(25,35-34-33-29)20(28)30-10-21-5-11-1-12(6-21)8-22(7-11,9-21)32-17(26)4-14-13-2-15-16(3-13)19(27)31-18(14)15/h11-16,18,29H,1-10H2. The van der Waals surface area contributed by atoms with Crippen LogP contribution >= 0.6 is 12.0 Å². The van der Waals surface area contributed by atoms with Crippen molar-refractivity contribution in [3.8, 4) is 0 Å². The minimum atomic E-state index is -4.04. The van der Waals surface area contributed by atoms with Gasteiger partial charge in [-0.15, -0.1) is 4.33 Å². The highest BCUT2D eigenvalue weighted by Gasteiger charge is 2.63. The van der Waals surface area contributed by atoms with Crippen LogP contribution in [0.2, 0.25) is 0 Å². The Bertz CT molecular complexity index is 915. The molecule has 1 heterocycles. The van der Waals surface area contributed by atoms with E-state index in [2.05, 4.69) is 9.37 Å². The van der Waals surface area contributed by atoms with Gasteiger partial charge in [0.1, 0.15) is 23.7 Å². The van der Waals surface area contributed by atoms with Crippen molar-refractivity contribution >= 4 is 30.0 Å². The number of carbonyl (C=O) groups excluding carboxylic acids is 3. The number of hydrogen-bond donors (Lipinski definition) is 1. The molecule has 12 heteroatoms. The summed E-state index contributed by atoms with van der Waals surface area (Å²) in [6.07, 6.45) is 6.16. The van der Waals surface area contributed by atoms with Crippen LogP contribution in [0.3, 0.4) is 0 Å². The summed E-state index contributed by atoms with van der Waals surface area (Å²) in [6, 6.07) is 0. The molecule has 6 aliphatic carbocycles. The van der Waals surface area contributed by atoms with E-state index in [9.17, 15) is 23.2 Å². The monoisotopic (exact) mass is 518 g/mol. The van der Waals surface area contributed by atoms with Crippen LogP contribution in [-0.4, -0.2) is 46.7 Å². The van der Waals surface area contributed by atoms with Crippen LogP contribution in [0.1, 0.15) is 57.8 Å². The molecule has 6 saturated carbocycles. The van der Waals surface area contributed by atoms with Crippen LogP contribution in [-0.2, 0) is 38.0 Å². The van der Waals surface area contributed by atoms with Gasteiger partial charge in [0.25, 0.3) is 0 Å². The quantitative estimate of drug-likeness (QED) is 0.159. The van der Waals surface area contributed by atoms with Crippen LogP contribution in [0.5, 0.6) is 0 Å². The summed E-state index contributed by atoms with van der Waals surface area (Å²) >= 11 is -0.644. The van der Waals surface area contributed by atoms with Crippen molar-refractivity contribution in [3.05, 3.63) is 0 Å². The van der Waals surface area contributed by atoms with Gasteiger partial charge < -0.3 is 14.2 Å². The molecule has 6 bridgehead atoms. The van der Waals surface area contributed by atoms with E-state index in [0.29, 0.717) is 12.3 Å². The first kappa shape index (κ1) is 23.9. The predicted octanol–water partition coefficient (Wildman–Crippen LogP) is 3.66. The van der Waals surface area contributed by atoms with Crippen LogP contribution in [0, 0.1) is 40.9 Å². The fourth-order valence-electron chi connectivity index (χ4n) is 8.88. The van der Waals surface area contributed by atoms with Crippen molar-refractivity contribution in [1.29, 1.82) is 0 Å². The molecule has 7 fully saturated rings. The number of halogens is 2. The molecule has 194 valence electrons. The lowest BCUT2D eigenvalue weighted by atomic mass is 9.48. The summed E-state index contributed by atoms with van der Waals surface area (Å²) in [4.78, 5) is 37.1. The second-order valence-corrected chi connectivity index (χ2v) is 12.5. The SMILES string of the molecule is O=C(CC1C2CC3C(=O)OC1C3C2)OC12CC3CC(CC(COC(=O)C(F)(F)SOOO)(C3)C1)C2. The molecule has 35 heavy (non-hydrogen) atoms. The van der Waals surface area contributed by atoms with Gasteiger partial charge in [-0.2, -0.15) is 8.78 Å². The van der Waals surface area contributed by atoms with E-state index >= 15 is 0 Å². The van der Waals surface area contributed by atoms with Gasteiger partial charge in [0, 0.05) is 17.3 Å². The van der Waals surface area contributed by atoms with Crippen molar-refractivity contribution in [3.63, 3.8) is 0 Å². The van der Waals surface area contributed by atoms with Gasteiger partial charge in [0.2, 0.25) is 0 Å². The third kappa shape index (κ3) is 4.04. The maximum atomic E-state index is 13.8. The molecule has 7 atom stereocenters. The summed E-state index contributed by atoms with van der Waals surface area (Å²) in [5, 5.41) is 7.17. The lowest BCUT2D eigenvalue weighted by molar-refractivity contribution is -0.433. The average molecular weight is 519 g/mol. The van der Waals surface area contributed by atoms with Crippen molar-refractivity contribution in [2.45, 2.75) is 74.7 Å². The molecule has 7 unspecified atom stereocenters. The molecule has 9 nitrogen and oxygen atoms in total. The Morgan fingerprint density at radius 1 is 1.14 bits per heavy atom. The van der Waals surface area contributed by atoms with E-state index in [0.717, 1.165) is 44.9 Å². The van der Waals surface area contributed by atoms with Gasteiger partial charge in [-0.05, 0) is 69.1 Å². The smallest absolute Gasteiger partial charge is 0.415 e. The Hall–Kier alpha value is -1.50. The van der Waals surface area contributed by atoms with Gasteiger partial charge in [0.05, 0.1) is 18.9 Å².